The van der Waals surface area contributed by atoms with E-state index in [2.05, 4.69) is 6.07 Å². The van der Waals surface area contributed by atoms with Crippen LogP contribution in [-0.2, 0) is 16.1 Å². The van der Waals surface area contributed by atoms with Crippen LogP contribution in [0.3, 0.4) is 0 Å². The fourth-order valence-corrected chi connectivity index (χ4v) is 5.15. The Balaban J connectivity index is 1.58. The molecule has 5 aromatic rings. The van der Waals surface area contributed by atoms with Gasteiger partial charge >= 0.3 is 11.8 Å². The third-order valence-corrected chi connectivity index (χ3v) is 7.23. The maximum absolute atomic E-state index is 13.1. The number of aromatic nitrogens is 2. The summed E-state index contributed by atoms with van der Waals surface area (Å²) in [5.41, 5.74) is 2.87. The summed E-state index contributed by atoms with van der Waals surface area (Å²) in [4.78, 5) is 29.3. The number of nitrogens with zero attached hydrogens (tertiary/aromatic N) is 3. The molecule has 38 heavy (non-hydrogen) atoms. The number of methoxy groups -OCH3 is 1. The average Bonchev–Trinajstić information content (AvgIpc) is 3.42. The molecule has 0 saturated heterocycles. The molecule has 5 rings (SSSR count). The van der Waals surface area contributed by atoms with E-state index in [9.17, 15) is 14.9 Å². The lowest BCUT2D eigenvalue weighted by atomic mass is 10.0. The number of fused-ring (bicyclic) bond motifs is 2. The van der Waals surface area contributed by atoms with Gasteiger partial charge in [-0.3, -0.25) is 9.36 Å². The molecule has 0 saturated carbocycles. The normalized spacial score (nSPS) is 11.6. The highest BCUT2D eigenvalue weighted by Gasteiger charge is 2.34. The Morgan fingerprint density at radius 1 is 1.13 bits per heavy atom. The molecule has 0 amide bonds. The Hall–Kier alpha value is -4.49. The average molecular weight is 530 g/mol. The highest BCUT2D eigenvalue weighted by molar-refractivity contribution is 8.01. The van der Waals surface area contributed by atoms with Gasteiger partial charge < -0.3 is 18.3 Å². The van der Waals surface area contributed by atoms with E-state index in [0.717, 1.165) is 22.0 Å². The molecule has 0 aliphatic heterocycles. The Kier molecular flexibility index (Phi) is 6.46. The largest absolute Gasteiger partial charge is 0.519 e. The van der Waals surface area contributed by atoms with Crippen molar-refractivity contribution in [1.82, 2.24) is 9.55 Å². The number of rotatable bonds is 7. The smallest absolute Gasteiger partial charge is 0.497 e. The Morgan fingerprint density at radius 3 is 2.58 bits per heavy atom. The summed E-state index contributed by atoms with van der Waals surface area (Å²) in [6, 6.07) is 19.2. The number of hydrogen-bond donors (Lipinski definition) is 0. The molecule has 2 aromatic heterocycles. The first-order valence-electron chi connectivity index (χ1n) is 11.7. The van der Waals surface area contributed by atoms with E-state index >= 15 is 0 Å². The molecular weight excluding hydrogens is 506 g/mol. The summed E-state index contributed by atoms with van der Waals surface area (Å²) >= 11 is 1.23. The molecule has 0 N–H and O–H groups in total. The number of hydrogen-bond acceptors (Lipinski definition) is 9. The molecule has 0 aliphatic rings. The molecule has 0 atom stereocenters. The van der Waals surface area contributed by atoms with Crippen molar-refractivity contribution in [3.05, 3.63) is 82.3 Å². The van der Waals surface area contributed by atoms with E-state index < -0.39 is 16.5 Å². The van der Waals surface area contributed by atoms with Crippen LogP contribution in [0.15, 0.2) is 73.4 Å². The lowest BCUT2D eigenvalue weighted by Crippen LogP contribution is -2.30. The molecule has 0 aliphatic carbocycles. The quantitative estimate of drug-likeness (QED) is 0.198. The molecule has 0 fully saturated rings. The Bertz CT molecular complexity index is 1790. The number of thioether (sulfide) groups is 1. The van der Waals surface area contributed by atoms with E-state index in [1.807, 2.05) is 53.1 Å². The summed E-state index contributed by atoms with van der Waals surface area (Å²) in [7, 11) is 1.59. The van der Waals surface area contributed by atoms with Crippen molar-refractivity contribution in [2.75, 3.05) is 7.11 Å². The molecule has 192 valence electrons. The summed E-state index contributed by atoms with van der Waals surface area (Å²) < 4.78 is 21.5. The minimum Gasteiger partial charge on any atom is -0.497 e. The Labute approximate surface area is 221 Å². The molecule has 3 aromatic carbocycles. The first-order chi connectivity index (χ1) is 18.2. The van der Waals surface area contributed by atoms with Crippen LogP contribution in [0.2, 0.25) is 0 Å². The molecule has 0 radical (unpaired) electrons. The van der Waals surface area contributed by atoms with Crippen molar-refractivity contribution in [2.24, 2.45) is 0 Å². The van der Waals surface area contributed by atoms with Gasteiger partial charge in [-0.15, -0.1) is 0 Å². The van der Waals surface area contributed by atoms with Gasteiger partial charge in [0.2, 0.25) is 0 Å². The van der Waals surface area contributed by atoms with Gasteiger partial charge in [0.15, 0.2) is 23.3 Å². The van der Waals surface area contributed by atoms with Gasteiger partial charge in [-0.1, -0.05) is 36.0 Å². The number of carbonyl (C=O) groups is 1. The first kappa shape index (κ1) is 25.2. The zero-order valence-electron chi connectivity index (χ0n) is 21.1. The Morgan fingerprint density at radius 2 is 1.89 bits per heavy atom. The minimum atomic E-state index is -1.07. The summed E-state index contributed by atoms with van der Waals surface area (Å²) in [6.45, 7) is 4.81. The number of imidazole rings is 1. The van der Waals surface area contributed by atoms with Gasteiger partial charge in [0.25, 0.3) is 0 Å². The second kappa shape index (κ2) is 9.76. The fourth-order valence-electron chi connectivity index (χ4n) is 4.12. The van der Waals surface area contributed by atoms with Gasteiger partial charge in [0.05, 0.1) is 35.5 Å². The van der Waals surface area contributed by atoms with Crippen LogP contribution in [0.5, 0.6) is 5.75 Å². The zero-order valence-corrected chi connectivity index (χ0v) is 21.9. The lowest BCUT2D eigenvalue weighted by Gasteiger charge is -2.22. The van der Waals surface area contributed by atoms with Crippen LogP contribution in [0.4, 0.5) is 0 Å². The van der Waals surface area contributed by atoms with Gasteiger partial charge in [-0.05, 0) is 45.0 Å². The van der Waals surface area contributed by atoms with Crippen LogP contribution < -0.4 is 10.6 Å². The summed E-state index contributed by atoms with van der Waals surface area (Å²) in [5, 5.41) is 11.9. The number of aryl methyl sites for hydroxylation is 1. The van der Waals surface area contributed by atoms with E-state index in [0.29, 0.717) is 22.0 Å². The highest BCUT2D eigenvalue weighted by atomic mass is 32.2. The van der Waals surface area contributed by atoms with E-state index in [1.165, 1.54) is 11.8 Å². The van der Waals surface area contributed by atoms with E-state index in [1.54, 1.807) is 33.9 Å². The van der Waals surface area contributed by atoms with Crippen LogP contribution in [0, 0.1) is 18.3 Å². The number of nitriles is 1. The summed E-state index contributed by atoms with van der Waals surface area (Å²) in [5.74, 6) is -0.296. The molecule has 0 bridgehead atoms. The van der Waals surface area contributed by atoms with Gasteiger partial charge in [0, 0.05) is 16.8 Å². The van der Waals surface area contributed by atoms with Crippen LogP contribution in [0.25, 0.3) is 27.5 Å². The zero-order chi connectivity index (χ0) is 27.0. The first-order valence-corrected chi connectivity index (χ1v) is 12.5. The van der Waals surface area contributed by atoms with Crippen molar-refractivity contribution in [2.45, 2.75) is 37.3 Å². The van der Waals surface area contributed by atoms with Crippen molar-refractivity contribution in [3.8, 4) is 17.5 Å². The van der Waals surface area contributed by atoms with Gasteiger partial charge in [-0.2, -0.15) is 5.26 Å². The minimum absolute atomic E-state index is 0.160. The number of carbonyl (C=O) groups excluding carboxylic acids is 1. The third-order valence-electron chi connectivity index (χ3n) is 6.10. The van der Waals surface area contributed by atoms with Gasteiger partial charge in [-0.25, -0.2) is 9.78 Å². The van der Waals surface area contributed by atoms with Crippen LogP contribution in [0.1, 0.15) is 30.9 Å². The van der Waals surface area contributed by atoms with Crippen LogP contribution >= 0.6 is 11.8 Å². The number of benzene rings is 3. The molecular formula is C28H23N3O6S. The molecule has 10 heteroatoms. The van der Waals surface area contributed by atoms with E-state index in [4.69, 9.17) is 23.3 Å². The van der Waals surface area contributed by atoms with Crippen molar-refractivity contribution < 1.29 is 23.1 Å². The van der Waals surface area contributed by atoms with Crippen molar-refractivity contribution >= 4 is 39.5 Å². The SMILES string of the molecule is COc1ccc2c(c1)nc(SC(C)(C)C(=O)OCc1oc(=O)oc1C)n2-c1ccc(C#N)c2ccccc12. The monoisotopic (exact) mass is 529 g/mol. The van der Waals surface area contributed by atoms with Crippen LogP contribution in [-0.4, -0.2) is 27.4 Å². The van der Waals surface area contributed by atoms with Gasteiger partial charge in [0.1, 0.15) is 10.5 Å². The topological polar surface area (TPSA) is 120 Å². The fraction of sp³-hybridized carbons (Fsp3) is 0.214. The standard InChI is InChI=1S/C28H23N3O6S/c1-16-24(37-27(33)36-16)15-35-25(32)28(2,3)38-26-30-21-13-18(34-4)10-12-23(21)31(26)22-11-9-17(14-29)19-7-5-6-8-20(19)22/h5-13H,15H2,1-4H3. The predicted octanol–water partition coefficient (Wildman–Crippen LogP) is 5.53. The lowest BCUT2D eigenvalue weighted by molar-refractivity contribution is -0.147. The predicted molar refractivity (Wildman–Crippen MR) is 142 cm³/mol. The second-order valence-corrected chi connectivity index (χ2v) is 10.6. The summed E-state index contributed by atoms with van der Waals surface area (Å²) in [6.07, 6.45) is 0. The van der Waals surface area contributed by atoms with E-state index in [-0.39, 0.29) is 18.1 Å². The maximum Gasteiger partial charge on any atom is 0.519 e. The number of esters is 1. The maximum atomic E-state index is 13.1. The van der Waals surface area contributed by atoms with Crippen molar-refractivity contribution in [1.29, 1.82) is 5.26 Å². The molecule has 2 heterocycles. The number of ether oxygens (including phenoxy) is 2. The molecule has 9 nitrogen and oxygen atoms in total. The van der Waals surface area contributed by atoms with Crippen molar-refractivity contribution in [3.63, 3.8) is 0 Å². The third kappa shape index (κ3) is 4.53. The molecule has 0 unspecified atom stereocenters. The molecule has 0 spiro atoms. The highest BCUT2D eigenvalue weighted by Crippen LogP contribution is 2.39. The second-order valence-electron chi connectivity index (χ2n) is 9.00.